The fourth-order valence-corrected chi connectivity index (χ4v) is 15.1. The van der Waals surface area contributed by atoms with Crippen molar-refractivity contribution in [2.45, 2.75) is 58.2 Å². The van der Waals surface area contributed by atoms with Crippen LogP contribution in [0.3, 0.4) is 0 Å². The standard InChI is InChI=1S/C77H63N4OSi.Pt/c1-76(2,3)62-39-40-78-73(47-62)81-70-34-21-20-31-67(70)68-37-35-63(48-71(68)81)82-64-36-38-69-72(49-64)80-51-79(50-74(80)83(6,7)77(69,4)5)75-65(60-43-56(52-23-12-8-13-24-52)41-57(44-60)53-25-14-9-15-26-53)32-22-33-66(75)61-45-58(54-27-16-10-17-28-54)42-59(46-61)55-29-18-11-19-30-55;/h8-47,50-51H,1-7H3;/q-3;. The minimum absolute atomic E-state index is 0. The second kappa shape index (κ2) is 21.4. The average molecular weight is 1280 g/mol. The van der Waals surface area contributed by atoms with E-state index in [0.717, 1.165) is 83.5 Å². The Hall–Kier alpha value is -8.80. The number of rotatable bonds is 10. The summed E-state index contributed by atoms with van der Waals surface area (Å²) in [5.41, 5.74) is 20.3. The van der Waals surface area contributed by atoms with Crippen molar-refractivity contribution < 1.29 is 25.8 Å². The molecule has 0 amide bonds. The van der Waals surface area contributed by atoms with Crippen molar-refractivity contribution in [3.05, 3.63) is 284 Å². The molecular weight excluding hydrogens is 1220 g/mol. The normalized spacial score (nSPS) is 14.2. The SMILES string of the molecule is CC(C)(C)c1ccnc(-n2c3[c-]c(Oc4[c-]c5c(cc4)C(C)(C)[Si](C)(C)C4=CN(c6c(-c7cc(-c8ccccc8)cc(-c8ccccc8)c7)cccc6-c6cc(-c7ccccc7)cc(-c7ccccc7)c6)[CH-]N45)ccc3c3ccccc32)c1.[Pt]. The summed E-state index contributed by atoms with van der Waals surface area (Å²) in [6, 6.07) is 93.1. The number of para-hydroxylation sites is 2. The largest absolute Gasteiger partial charge is 0.509 e. The van der Waals surface area contributed by atoms with E-state index in [-0.39, 0.29) is 31.5 Å². The Morgan fingerprint density at radius 1 is 0.500 bits per heavy atom. The van der Waals surface area contributed by atoms with Crippen molar-refractivity contribution in [1.29, 1.82) is 0 Å². The number of fused-ring (bicyclic) bond motifs is 6. The van der Waals surface area contributed by atoms with Crippen molar-refractivity contribution in [3.63, 3.8) is 0 Å². The van der Waals surface area contributed by atoms with Gasteiger partial charge in [0.2, 0.25) is 0 Å². The second-order valence-electron chi connectivity index (χ2n) is 24.2. The second-order valence-corrected chi connectivity index (χ2v) is 29.2. The van der Waals surface area contributed by atoms with Crippen LogP contribution in [0.25, 0.3) is 94.4 Å². The molecule has 0 spiro atoms. The molecule has 2 aliphatic heterocycles. The Balaban J connectivity index is 0.00000658. The molecule has 0 atom stereocenters. The van der Waals surface area contributed by atoms with Gasteiger partial charge in [0, 0.05) is 61.1 Å². The molecule has 4 heterocycles. The van der Waals surface area contributed by atoms with Gasteiger partial charge in [-0.05, 0) is 138 Å². The Labute approximate surface area is 509 Å². The number of hydrogen-bond donors (Lipinski definition) is 0. The minimum Gasteiger partial charge on any atom is -0.509 e. The van der Waals surface area contributed by atoms with Crippen molar-refractivity contribution in [2.75, 3.05) is 9.80 Å². The van der Waals surface area contributed by atoms with Crippen molar-refractivity contribution in [1.82, 2.24) is 9.55 Å². The Morgan fingerprint density at radius 2 is 0.988 bits per heavy atom. The summed E-state index contributed by atoms with van der Waals surface area (Å²) < 4.78 is 9.15. The Morgan fingerprint density at radius 3 is 1.52 bits per heavy atom. The predicted octanol–water partition coefficient (Wildman–Crippen LogP) is 20.2. The summed E-state index contributed by atoms with van der Waals surface area (Å²) in [7, 11) is -2.33. The van der Waals surface area contributed by atoms with Crippen LogP contribution in [0.4, 0.5) is 11.4 Å². The van der Waals surface area contributed by atoms with Crippen LogP contribution in [-0.2, 0) is 31.5 Å². The average Bonchev–Trinajstić information content (AvgIpc) is 1.67. The van der Waals surface area contributed by atoms with Gasteiger partial charge in [-0.25, -0.2) is 4.98 Å². The molecule has 5 nitrogen and oxygen atoms in total. The fraction of sp³-hybridized carbons (Fsp3) is 0.117. The number of nitrogens with zero attached hydrogens (tertiary/aromatic N) is 4. The van der Waals surface area contributed by atoms with Gasteiger partial charge < -0.3 is 19.1 Å². The Bertz CT molecular complexity index is 4230. The molecule has 0 unspecified atom stereocenters. The van der Waals surface area contributed by atoms with Gasteiger partial charge in [0.1, 0.15) is 5.82 Å². The van der Waals surface area contributed by atoms with Gasteiger partial charge in [-0.1, -0.05) is 222 Å². The summed E-state index contributed by atoms with van der Waals surface area (Å²) in [4.78, 5) is 9.77. The van der Waals surface area contributed by atoms with E-state index in [1.165, 1.54) is 38.7 Å². The number of benzene rings is 10. The minimum atomic E-state index is -2.33. The van der Waals surface area contributed by atoms with Crippen LogP contribution < -0.4 is 14.5 Å². The third-order valence-corrected chi connectivity index (χ3v) is 22.6. The van der Waals surface area contributed by atoms with Crippen LogP contribution >= 0.6 is 0 Å². The smallest absolute Gasteiger partial charge is 0.135 e. The molecule has 10 aromatic carbocycles. The van der Waals surface area contributed by atoms with E-state index >= 15 is 0 Å². The monoisotopic (exact) mass is 1280 g/mol. The van der Waals surface area contributed by atoms with Crippen LogP contribution in [0, 0.1) is 18.8 Å². The molecule has 84 heavy (non-hydrogen) atoms. The summed E-state index contributed by atoms with van der Waals surface area (Å²) in [6.45, 7) is 18.9. The first-order valence-corrected chi connectivity index (χ1v) is 31.7. The van der Waals surface area contributed by atoms with Gasteiger partial charge in [-0.3, -0.25) is 0 Å². The molecule has 0 aliphatic carbocycles. The summed E-state index contributed by atoms with van der Waals surface area (Å²) >= 11 is 0. The molecular formula is C77H63N4OPtSi-3. The van der Waals surface area contributed by atoms with Crippen LogP contribution in [0.5, 0.6) is 11.5 Å². The first kappa shape index (κ1) is 54.4. The van der Waals surface area contributed by atoms with E-state index in [9.17, 15) is 0 Å². The van der Waals surface area contributed by atoms with Crippen LogP contribution in [0.15, 0.2) is 254 Å². The van der Waals surface area contributed by atoms with E-state index in [2.05, 4.69) is 318 Å². The third kappa shape index (κ3) is 9.61. The van der Waals surface area contributed by atoms with E-state index in [1.807, 2.05) is 12.3 Å². The molecule has 14 rings (SSSR count). The molecule has 0 radical (unpaired) electrons. The molecule has 0 saturated heterocycles. The number of ether oxygens (including phenoxy) is 1. The molecule has 2 aliphatic rings. The van der Waals surface area contributed by atoms with Crippen molar-refractivity contribution in [3.8, 4) is 84.1 Å². The molecule has 12 aromatic rings. The number of pyridine rings is 1. The molecule has 2 aromatic heterocycles. The van der Waals surface area contributed by atoms with E-state index < -0.39 is 8.07 Å². The van der Waals surface area contributed by atoms with Crippen molar-refractivity contribution >= 4 is 41.3 Å². The topological polar surface area (TPSA) is 33.5 Å². The van der Waals surface area contributed by atoms with Gasteiger partial charge >= 0.3 is 0 Å². The summed E-state index contributed by atoms with van der Waals surface area (Å²) in [5.74, 6) is 2.08. The van der Waals surface area contributed by atoms with Gasteiger partial charge in [0.25, 0.3) is 0 Å². The van der Waals surface area contributed by atoms with E-state index in [1.54, 1.807) is 0 Å². The van der Waals surface area contributed by atoms with Crippen LogP contribution in [0.2, 0.25) is 13.1 Å². The van der Waals surface area contributed by atoms with E-state index in [0.29, 0.717) is 11.5 Å². The molecule has 0 fully saturated rings. The molecule has 0 saturated carbocycles. The molecule has 414 valence electrons. The number of aromatic nitrogens is 2. The summed E-state index contributed by atoms with van der Waals surface area (Å²) in [5, 5.41) is 3.36. The molecule has 0 N–H and O–H groups in total. The Kier molecular flexibility index (Phi) is 13.9. The van der Waals surface area contributed by atoms with Gasteiger partial charge in [0.15, 0.2) is 0 Å². The first-order valence-electron chi connectivity index (χ1n) is 28.7. The zero-order chi connectivity index (χ0) is 56.6. The maximum Gasteiger partial charge on any atom is 0.135 e. The number of hydrogen-bond acceptors (Lipinski definition) is 4. The maximum atomic E-state index is 6.93. The fourth-order valence-electron chi connectivity index (χ4n) is 12.4. The third-order valence-electron chi connectivity index (χ3n) is 17.6. The van der Waals surface area contributed by atoms with Gasteiger partial charge in [0.05, 0.1) is 8.07 Å². The van der Waals surface area contributed by atoms with E-state index in [4.69, 9.17) is 9.72 Å². The van der Waals surface area contributed by atoms with Crippen LogP contribution in [0.1, 0.15) is 45.7 Å². The number of anilines is 2. The summed E-state index contributed by atoms with van der Waals surface area (Å²) in [6.07, 6.45) is 4.35. The van der Waals surface area contributed by atoms with Gasteiger partial charge in [-0.15, -0.1) is 41.9 Å². The molecule has 0 bridgehead atoms. The quantitative estimate of drug-likeness (QED) is 0.101. The van der Waals surface area contributed by atoms with Crippen LogP contribution in [-0.4, -0.2) is 17.6 Å². The zero-order valence-electron chi connectivity index (χ0n) is 48.3. The van der Waals surface area contributed by atoms with Gasteiger partial charge in [-0.2, -0.15) is 12.1 Å². The predicted molar refractivity (Wildman–Crippen MR) is 348 cm³/mol. The first-order chi connectivity index (χ1) is 40.3. The molecule has 7 heteroatoms. The van der Waals surface area contributed by atoms with Crippen molar-refractivity contribution in [2.24, 2.45) is 0 Å². The zero-order valence-corrected chi connectivity index (χ0v) is 51.5. The maximum absolute atomic E-state index is 6.93.